The fourth-order valence-corrected chi connectivity index (χ4v) is 1.70. The molecule has 5 heteroatoms. The van der Waals surface area contributed by atoms with Crippen LogP contribution in [0.25, 0.3) is 11.3 Å². The summed E-state index contributed by atoms with van der Waals surface area (Å²) in [6.07, 6.45) is 1.06. The summed E-state index contributed by atoms with van der Waals surface area (Å²) in [7, 11) is 1.58. The van der Waals surface area contributed by atoms with Gasteiger partial charge in [0.05, 0.1) is 13.3 Å². The summed E-state index contributed by atoms with van der Waals surface area (Å²) < 4.78 is 18.7. The van der Waals surface area contributed by atoms with Crippen molar-refractivity contribution in [1.82, 2.24) is 9.97 Å². The number of benzene rings is 1. The zero-order chi connectivity index (χ0) is 12.4. The minimum atomic E-state index is -0.498. The molecule has 0 saturated heterocycles. The predicted octanol–water partition coefficient (Wildman–Crippen LogP) is 3.25. The van der Waals surface area contributed by atoms with Crippen LogP contribution in [0.2, 0.25) is 5.28 Å². The van der Waals surface area contributed by atoms with Gasteiger partial charge in [-0.25, -0.2) is 14.4 Å². The Morgan fingerprint density at radius 3 is 2.76 bits per heavy atom. The molecule has 0 spiro atoms. The van der Waals surface area contributed by atoms with E-state index < -0.39 is 5.82 Å². The van der Waals surface area contributed by atoms with Gasteiger partial charge in [-0.2, -0.15) is 0 Å². The van der Waals surface area contributed by atoms with E-state index in [0.29, 0.717) is 11.3 Å². The lowest BCUT2D eigenvalue weighted by Crippen LogP contribution is -1.95. The summed E-state index contributed by atoms with van der Waals surface area (Å²) in [4.78, 5) is 7.48. The molecule has 0 unspecified atom stereocenters. The molecule has 0 N–H and O–H groups in total. The van der Waals surface area contributed by atoms with E-state index in [1.807, 2.05) is 13.0 Å². The highest BCUT2D eigenvalue weighted by Gasteiger charge is 2.11. The van der Waals surface area contributed by atoms with Gasteiger partial charge in [0.15, 0.2) is 5.82 Å². The zero-order valence-electron chi connectivity index (χ0n) is 9.37. The van der Waals surface area contributed by atoms with Crippen LogP contribution in [0.5, 0.6) is 5.75 Å². The van der Waals surface area contributed by atoms with E-state index in [1.165, 1.54) is 0 Å². The van der Waals surface area contributed by atoms with Crippen LogP contribution < -0.4 is 4.74 Å². The van der Waals surface area contributed by atoms with Gasteiger partial charge in [-0.3, -0.25) is 0 Å². The Kier molecular flexibility index (Phi) is 3.24. The molecule has 3 nitrogen and oxygen atoms in total. The summed E-state index contributed by atoms with van der Waals surface area (Å²) >= 11 is 5.66. The molecule has 0 fully saturated rings. The standard InChI is InChI=1S/C12H10ClFN2O/c1-7-5-8(17-2)3-4-9(7)11-10(14)6-15-12(13)16-11/h3-6H,1-2H3. The van der Waals surface area contributed by atoms with Gasteiger partial charge in [0, 0.05) is 5.56 Å². The van der Waals surface area contributed by atoms with Gasteiger partial charge in [-0.15, -0.1) is 0 Å². The van der Waals surface area contributed by atoms with E-state index in [2.05, 4.69) is 9.97 Å². The van der Waals surface area contributed by atoms with Gasteiger partial charge >= 0.3 is 0 Å². The maximum absolute atomic E-state index is 13.6. The first-order valence-electron chi connectivity index (χ1n) is 4.95. The van der Waals surface area contributed by atoms with E-state index in [4.69, 9.17) is 16.3 Å². The van der Waals surface area contributed by atoms with Crippen molar-refractivity contribution in [3.8, 4) is 17.0 Å². The minimum absolute atomic E-state index is 0.0246. The number of rotatable bonds is 2. The molecule has 0 saturated carbocycles. The number of aromatic nitrogens is 2. The molecule has 0 aliphatic rings. The molecule has 1 aromatic carbocycles. The number of hydrogen-bond acceptors (Lipinski definition) is 3. The van der Waals surface area contributed by atoms with Gasteiger partial charge in [-0.1, -0.05) is 0 Å². The number of hydrogen-bond donors (Lipinski definition) is 0. The van der Waals surface area contributed by atoms with Crippen molar-refractivity contribution in [2.45, 2.75) is 6.92 Å². The van der Waals surface area contributed by atoms with Gasteiger partial charge < -0.3 is 4.74 Å². The molecule has 0 aliphatic carbocycles. The van der Waals surface area contributed by atoms with Crippen LogP contribution in [0.1, 0.15) is 5.56 Å². The van der Waals surface area contributed by atoms with Crippen LogP contribution in [0.3, 0.4) is 0 Å². The molecule has 0 aliphatic heterocycles. The Bertz CT molecular complexity index is 560. The molecule has 2 aromatic rings. The maximum Gasteiger partial charge on any atom is 0.223 e. The number of halogens is 2. The van der Waals surface area contributed by atoms with Crippen LogP contribution in [0, 0.1) is 12.7 Å². The SMILES string of the molecule is COc1ccc(-c2nc(Cl)ncc2F)c(C)c1. The van der Waals surface area contributed by atoms with E-state index in [9.17, 15) is 4.39 Å². The minimum Gasteiger partial charge on any atom is -0.497 e. The Balaban J connectivity index is 2.56. The Morgan fingerprint density at radius 2 is 2.12 bits per heavy atom. The highest BCUT2D eigenvalue weighted by molar-refractivity contribution is 6.28. The van der Waals surface area contributed by atoms with Crippen molar-refractivity contribution in [2.24, 2.45) is 0 Å². The lowest BCUT2D eigenvalue weighted by Gasteiger charge is -2.08. The van der Waals surface area contributed by atoms with Gasteiger partial charge in [-0.05, 0) is 42.3 Å². The fraction of sp³-hybridized carbons (Fsp3) is 0.167. The fourth-order valence-electron chi connectivity index (χ4n) is 1.56. The van der Waals surface area contributed by atoms with Crippen molar-refractivity contribution in [3.63, 3.8) is 0 Å². The molecule has 0 bridgehead atoms. The first-order chi connectivity index (χ1) is 8.11. The third kappa shape index (κ3) is 2.36. The van der Waals surface area contributed by atoms with Crippen molar-refractivity contribution in [3.05, 3.63) is 41.1 Å². The average molecular weight is 253 g/mol. The monoisotopic (exact) mass is 252 g/mol. The molecule has 88 valence electrons. The second-order valence-electron chi connectivity index (χ2n) is 3.52. The highest BCUT2D eigenvalue weighted by atomic mass is 35.5. The van der Waals surface area contributed by atoms with Crippen molar-refractivity contribution in [2.75, 3.05) is 7.11 Å². The Hall–Kier alpha value is -1.68. The third-order valence-electron chi connectivity index (χ3n) is 2.40. The molecule has 2 rings (SSSR count). The maximum atomic E-state index is 13.6. The third-order valence-corrected chi connectivity index (χ3v) is 2.59. The van der Waals surface area contributed by atoms with Gasteiger partial charge in [0.2, 0.25) is 5.28 Å². The second-order valence-corrected chi connectivity index (χ2v) is 3.85. The average Bonchev–Trinajstić information content (AvgIpc) is 2.32. The first-order valence-corrected chi connectivity index (χ1v) is 5.32. The summed E-state index contributed by atoms with van der Waals surface area (Å²) in [5.74, 6) is 0.217. The van der Waals surface area contributed by atoms with E-state index in [0.717, 1.165) is 11.8 Å². The van der Waals surface area contributed by atoms with Crippen LogP contribution in [0.15, 0.2) is 24.4 Å². The zero-order valence-corrected chi connectivity index (χ0v) is 10.1. The molecular weight excluding hydrogens is 243 g/mol. The summed E-state index contributed by atoms with van der Waals surface area (Å²) in [5, 5.41) is 0.0246. The number of aryl methyl sites for hydroxylation is 1. The van der Waals surface area contributed by atoms with Gasteiger partial charge in [0.1, 0.15) is 11.4 Å². The first kappa shape index (κ1) is 11.8. The molecule has 0 radical (unpaired) electrons. The molecule has 0 amide bonds. The molecule has 1 aromatic heterocycles. The molecule has 1 heterocycles. The van der Waals surface area contributed by atoms with Crippen molar-refractivity contribution in [1.29, 1.82) is 0 Å². The molecule has 17 heavy (non-hydrogen) atoms. The van der Waals surface area contributed by atoms with Crippen LogP contribution in [-0.4, -0.2) is 17.1 Å². The molecular formula is C12H10ClFN2O. The quantitative estimate of drug-likeness (QED) is 0.770. The highest BCUT2D eigenvalue weighted by Crippen LogP contribution is 2.27. The van der Waals surface area contributed by atoms with Crippen molar-refractivity contribution >= 4 is 11.6 Å². The lowest BCUT2D eigenvalue weighted by atomic mass is 10.1. The second kappa shape index (κ2) is 4.67. The normalized spacial score (nSPS) is 10.4. The van der Waals surface area contributed by atoms with E-state index in [1.54, 1.807) is 19.2 Å². The number of ether oxygens (including phenoxy) is 1. The summed E-state index contributed by atoms with van der Waals surface area (Å²) in [6, 6.07) is 5.30. The smallest absolute Gasteiger partial charge is 0.223 e. The molecule has 0 atom stereocenters. The lowest BCUT2D eigenvalue weighted by molar-refractivity contribution is 0.414. The largest absolute Gasteiger partial charge is 0.497 e. The summed E-state index contributed by atoms with van der Waals surface area (Å²) in [6.45, 7) is 1.85. The summed E-state index contributed by atoms with van der Waals surface area (Å²) in [5.41, 5.74) is 1.73. The van der Waals surface area contributed by atoms with Gasteiger partial charge in [0.25, 0.3) is 0 Å². The number of methoxy groups -OCH3 is 1. The van der Waals surface area contributed by atoms with E-state index >= 15 is 0 Å². The van der Waals surface area contributed by atoms with Crippen molar-refractivity contribution < 1.29 is 9.13 Å². The van der Waals surface area contributed by atoms with Crippen LogP contribution in [0.4, 0.5) is 4.39 Å². The van der Waals surface area contributed by atoms with Crippen LogP contribution in [-0.2, 0) is 0 Å². The Labute approximate surface area is 103 Å². The van der Waals surface area contributed by atoms with E-state index in [-0.39, 0.29) is 11.0 Å². The topological polar surface area (TPSA) is 35.0 Å². The Morgan fingerprint density at radius 1 is 1.35 bits per heavy atom. The van der Waals surface area contributed by atoms with Crippen LogP contribution >= 0.6 is 11.6 Å². The number of nitrogens with zero attached hydrogens (tertiary/aromatic N) is 2. The predicted molar refractivity (Wildman–Crippen MR) is 63.7 cm³/mol.